The van der Waals surface area contributed by atoms with Crippen LogP contribution in [-0.2, 0) is 4.79 Å². The van der Waals surface area contributed by atoms with Gasteiger partial charge in [-0.2, -0.15) is 0 Å². The fourth-order valence-electron chi connectivity index (χ4n) is 2.35. The lowest BCUT2D eigenvalue weighted by Crippen LogP contribution is -2.32. The fraction of sp³-hybridized carbons (Fsp3) is 0.278. The average Bonchev–Trinajstić information content (AvgIpc) is 2.57. The van der Waals surface area contributed by atoms with Crippen molar-refractivity contribution in [2.45, 2.75) is 33.3 Å². The minimum atomic E-state index is -0.723. The first-order chi connectivity index (χ1) is 11.8. The van der Waals surface area contributed by atoms with Crippen LogP contribution >= 0.6 is 11.6 Å². The van der Waals surface area contributed by atoms with Crippen molar-refractivity contribution in [3.8, 4) is 5.75 Å². The summed E-state index contributed by atoms with van der Waals surface area (Å²) in [4.78, 5) is 23.0. The van der Waals surface area contributed by atoms with Gasteiger partial charge in [0.05, 0.1) is 16.2 Å². The molecule has 1 unspecified atom stereocenters. The molecule has 0 aliphatic heterocycles. The zero-order chi connectivity index (χ0) is 18.6. The number of hydrogen-bond donors (Lipinski definition) is 1. The highest BCUT2D eigenvalue weighted by atomic mass is 35.5. The Morgan fingerprint density at radius 3 is 2.64 bits per heavy atom. The van der Waals surface area contributed by atoms with E-state index in [0.717, 1.165) is 5.56 Å². The van der Waals surface area contributed by atoms with E-state index >= 15 is 0 Å². The SMILES string of the molecule is CCC(Oc1ccc(Cl)c(C)c1)C(=O)Nc1cccc([N+](=O)[O-])c1C. The molecule has 7 heteroatoms. The van der Waals surface area contributed by atoms with Crippen LogP contribution in [0.4, 0.5) is 11.4 Å². The first kappa shape index (κ1) is 18.7. The van der Waals surface area contributed by atoms with Gasteiger partial charge >= 0.3 is 0 Å². The Kier molecular flexibility index (Phi) is 5.98. The third-order valence-electron chi connectivity index (χ3n) is 3.83. The number of carbonyl (C=O) groups is 1. The van der Waals surface area contributed by atoms with Crippen molar-refractivity contribution in [3.05, 3.63) is 62.7 Å². The highest BCUT2D eigenvalue weighted by Crippen LogP contribution is 2.26. The summed E-state index contributed by atoms with van der Waals surface area (Å²) in [5, 5.41) is 14.3. The lowest BCUT2D eigenvalue weighted by molar-refractivity contribution is -0.385. The summed E-state index contributed by atoms with van der Waals surface area (Å²) >= 11 is 5.99. The first-order valence-electron chi connectivity index (χ1n) is 7.81. The summed E-state index contributed by atoms with van der Waals surface area (Å²) in [6, 6.07) is 9.72. The molecule has 132 valence electrons. The molecule has 0 bridgehead atoms. The number of halogens is 1. The first-order valence-corrected chi connectivity index (χ1v) is 8.19. The smallest absolute Gasteiger partial charge is 0.274 e. The molecule has 0 heterocycles. The number of carbonyl (C=O) groups excluding carboxylic acids is 1. The predicted molar refractivity (Wildman–Crippen MR) is 97.4 cm³/mol. The molecule has 2 aromatic carbocycles. The van der Waals surface area contributed by atoms with E-state index in [1.807, 2.05) is 13.8 Å². The van der Waals surface area contributed by atoms with Crippen LogP contribution < -0.4 is 10.1 Å². The maximum atomic E-state index is 12.5. The van der Waals surface area contributed by atoms with E-state index in [2.05, 4.69) is 5.32 Å². The Bertz CT molecular complexity index is 808. The minimum absolute atomic E-state index is 0.0416. The molecule has 0 aliphatic rings. The van der Waals surface area contributed by atoms with Gasteiger partial charge in [-0.1, -0.05) is 24.6 Å². The molecule has 2 aromatic rings. The van der Waals surface area contributed by atoms with Gasteiger partial charge in [0.25, 0.3) is 11.6 Å². The summed E-state index contributed by atoms with van der Waals surface area (Å²) in [5.41, 5.74) is 1.61. The molecular weight excluding hydrogens is 344 g/mol. The summed E-state index contributed by atoms with van der Waals surface area (Å²) in [6.07, 6.45) is -0.277. The molecule has 1 amide bonds. The number of amides is 1. The molecule has 1 atom stereocenters. The van der Waals surface area contributed by atoms with Gasteiger partial charge in [0.15, 0.2) is 6.10 Å². The second-order valence-electron chi connectivity index (χ2n) is 5.62. The number of ether oxygens (including phenoxy) is 1. The number of nitro groups is 1. The summed E-state index contributed by atoms with van der Waals surface area (Å²) < 4.78 is 5.75. The van der Waals surface area contributed by atoms with E-state index in [1.165, 1.54) is 12.1 Å². The average molecular weight is 363 g/mol. The molecule has 0 aliphatic carbocycles. The number of nitro benzene ring substituents is 1. The van der Waals surface area contributed by atoms with Crippen LogP contribution in [-0.4, -0.2) is 16.9 Å². The molecule has 0 saturated carbocycles. The quantitative estimate of drug-likeness (QED) is 0.598. The highest BCUT2D eigenvalue weighted by molar-refractivity contribution is 6.31. The Labute approximate surface area is 150 Å². The van der Waals surface area contributed by atoms with Gasteiger partial charge in [0.1, 0.15) is 5.75 Å². The molecule has 0 aromatic heterocycles. The maximum absolute atomic E-state index is 12.5. The van der Waals surface area contributed by atoms with Gasteiger partial charge < -0.3 is 10.1 Å². The topological polar surface area (TPSA) is 81.5 Å². The summed E-state index contributed by atoms with van der Waals surface area (Å²) in [7, 11) is 0. The zero-order valence-corrected chi connectivity index (χ0v) is 15.0. The van der Waals surface area contributed by atoms with Gasteiger partial charge in [-0.3, -0.25) is 14.9 Å². The third kappa shape index (κ3) is 4.48. The van der Waals surface area contributed by atoms with Crippen molar-refractivity contribution in [2.24, 2.45) is 0 Å². The zero-order valence-electron chi connectivity index (χ0n) is 14.2. The van der Waals surface area contributed by atoms with Crippen LogP contribution in [0.3, 0.4) is 0 Å². The van der Waals surface area contributed by atoms with Crippen LogP contribution in [0.1, 0.15) is 24.5 Å². The van der Waals surface area contributed by atoms with E-state index < -0.39 is 11.0 Å². The van der Waals surface area contributed by atoms with Gasteiger partial charge in [0.2, 0.25) is 0 Å². The summed E-state index contributed by atoms with van der Waals surface area (Å²) in [6.45, 7) is 5.27. The molecule has 1 N–H and O–H groups in total. The van der Waals surface area contributed by atoms with Crippen LogP contribution in [0.5, 0.6) is 5.75 Å². The van der Waals surface area contributed by atoms with E-state index in [4.69, 9.17) is 16.3 Å². The lowest BCUT2D eigenvalue weighted by Gasteiger charge is -2.18. The fourth-order valence-corrected chi connectivity index (χ4v) is 2.46. The molecule has 0 spiro atoms. The lowest BCUT2D eigenvalue weighted by atomic mass is 10.1. The Morgan fingerprint density at radius 1 is 1.32 bits per heavy atom. The largest absolute Gasteiger partial charge is 0.481 e. The van der Waals surface area contributed by atoms with E-state index in [1.54, 1.807) is 31.2 Å². The molecule has 25 heavy (non-hydrogen) atoms. The number of anilines is 1. The van der Waals surface area contributed by atoms with Gasteiger partial charge in [-0.15, -0.1) is 0 Å². The maximum Gasteiger partial charge on any atom is 0.274 e. The van der Waals surface area contributed by atoms with Crippen molar-refractivity contribution >= 4 is 28.9 Å². The number of nitrogens with one attached hydrogen (secondary N) is 1. The number of hydrogen-bond acceptors (Lipinski definition) is 4. The third-order valence-corrected chi connectivity index (χ3v) is 4.25. The Morgan fingerprint density at radius 2 is 2.04 bits per heavy atom. The predicted octanol–water partition coefficient (Wildman–Crippen LogP) is 4.66. The molecule has 0 saturated heterocycles. The second-order valence-corrected chi connectivity index (χ2v) is 6.03. The summed E-state index contributed by atoms with van der Waals surface area (Å²) in [5.74, 6) is 0.179. The molecule has 0 radical (unpaired) electrons. The van der Waals surface area contributed by atoms with Crippen molar-refractivity contribution in [1.82, 2.24) is 0 Å². The van der Waals surface area contributed by atoms with Gasteiger partial charge in [-0.05, 0) is 50.1 Å². The van der Waals surface area contributed by atoms with Crippen molar-refractivity contribution < 1.29 is 14.5 Å². The molecule has 6 nitrogen and oxygen atoms in total. The van der Waals surface area contributed by atoms with Crippen LogP contribution in [0.25, 0.3) is 0 Å². The van der Waals surface area contributed by atoms with Crippen LogP contribution in [0.2, 0.25) is 5.02 Å². The molecular formula is C18H19ClN2O4. The number of benzene rings is 2. The van der Waals surface area contributed by atoms with Crippen molar-refractivity contribution in [2.75, 3.05) is 5.32 Å². The van der Waals surface area contributed by atoms with Crippen molar-refractivity contribution in [3.63, 3.8) is 0 Å². The highest BCUT2D eigenvalue weighted by Gasteiger charge is 2.21. The Hall–Kier alpha value is -2.60. The second kappa shape index (κ2) is 7.98. The number of nitrogens with zero attached hydrogens (tertiary/aromatic N) is 1. The van der Waals surface area contributed by atoms with E-state index in [9.17, 15) is 14.9 Å². The number of aryl methyl sites for hydroxylation is 1. The van der Waals surface area contributed by atoms with Crippen LogP contribution in [0, 0.1) is 24.0 Å². The van der Waals surface area contributed by atoms with E-state index in [0.29, 0.717) is 28.4 Å². The monoisotopic (exact) mass is 362 g/mol. The van der Waals surface area contributed by atoms with Gasteiger partial charge in [0, 0.05) is 11.1 Å². The standard InChI is InChI=1S/C18H19ClN2O4/c1-4-17(25-13-8-9-14(19)11(2)10-13)18(22)20-15-6-5-7-16(12(15)3)21(23)24/h5-10,17H,4H2,1-3H3,(H,20,22). The Balaban J connectivity index is 2.16. The van der Waals surface area contributed by atoms with E-state index in [-0.39, 0.29) is 11.6 Å². The van der Waals surface area contributed by atoms with Crippen molar-refractivity contribution in [1.29, 1.82) is 0 Å². The normalized spacial score (nSPS) is 11.7. The number of rotatable bonds is 6. The van der Waals surface area contributed by atoms with Gasteiger partial charge in [-0.25, -0.2) is 0 Å². The molecule has 0 fully saturated rings. The molecule has 2 rings (SSSR count). The van der Waals surface area contributed by atoms with Crippen LogP contribution in [0.15, 0.2) is 36.4 Å². The minimum Gasteiger partial charge on any atom is -0.481 e.